The number of aryl methyl sites for hydroxylation is 1. The van der Waals surface area contributed by atoms with Crippen LogP contribution in [-0.4, -0.2) is 46.8 Å². The zero-order valence-electron chi connectivity index (χ0n) is 13.9. The summed E-state index contributed by atoms with van der Waals surface area (Å²) in [4.78, 5) is 14.5. The molecular formula is C16H24N4O3S. The van der Waals surface area contributed by atoms with Crippen molar-refractivity contribution in [3.8, 4) is 0 Å². The van der Waals surface area contributed by atoms with Crippen LogP contribution in [0, 0.1) is 5.92 Å². The summed E-state index contributed by atoms with van der Waals surface area (Å²) in [5, 5.41) is 4.04. The van der Waals surface area contributed by atoms with Crippen molar-refractivity contribution in [1.82, 2.24) is 19.4 Å². The number of hydrogen-bond acceptors (Lipinski definition) is 4. The summed E-state index contributed by atoms with van der Waals surface area (Å²) in [5.41, 5.74) is 1.01. The molecule has 0 bridgehead atoms. The Labute approximate surface area is 142 Å². The number of carbonyl (C=O) groups is 1. The van der Waals surface area contributed by atoms with Crippen molar-refractivity contribution in [3.63, 3.8) is 0 Å². The molecule has 3 aliphatic rings. The lowest BCUT2D eigenvalue weighted by molar-refractivity contribution is -0.139. The van der Waals surface area contributed by atoms with Crippen molar-refractivity contribution in [2.75, 3.05) is 6.54 Å². The second kappa shape index (κ2) is 5.84. The average Bonchev–Trinajstić information content (AvgIpc) is 3.43. The number of hydrogen-bond donors (Lipinski definition) is 1. The number of likely N-dealkylation sites (tertiary alicyclic amines) is 1. The molecule has 1 N–H and O–H groups in total. The Balaban J connectivity index is 1.57. The van der Waals surface area contributed by atoms with Crippen LogP contribution < -0.4 is 4.72 Å². The molecule has 1 aliphatic heterocycles. The molecule has 2 saturated carbocycles. The lowest BCUT2D eigenvalue weighted by Crippen LogP contribution is -2.47. The summed E-state index contributed by atoms with van der Waals surface area (Å²) in [7, 11) is -1.34. The molecule has 1 aromatic heterocycles. The predicted octanol–water partition coefficient (Wildman–Crippen LogP) is 0.944. The second-order valence-electron chi connectivity index (χ2n) is 7.32. The molecule has 2 atom stereocenters. The van der Waals surface area contributed by atoms with Gasteiger partial charge in [0.05, 0.1) is 17.5 Å². The number of rotatable bonds is 6. The van der Waals surface area contributed by atoms with Gasteiger partial charge in [-0.05, 0) is 38.0 Å². The maximum Gasteiger partial charge on any atom is 0.223 e. The van der Waals surface area contributed by atoms with Crippen molar-refractivity contribution in [2.45, 2.75) is 55.9 Å². The highest BCUT2D eigenvalue weighted by Gasteiger charge is 2.45. The van der Waals surface area contributed by atoms with Crippen LogP contribution in [0.25, 0.3) is 0 Å². The first-order chi connectivity index (χ1) is 11.5. The van der Waals surface area contributed by atoms with E-state index in [0.29, 0.717) is 19.0 Å². The zero-order chi connectivity index (χ0) is 16.9. The van der Waals surface area contributed by atoms with Crippen molar-refractivity contribution in [3.05, 3.63) is 18.0 Å². The zero-order valence-corrected chi connectivity index (χ0v) is 14.7. The van der Waals surface area contributed by atoms with Gasteiger partial charge in [0.15, 0.2) is 0 Å². The molecule has 8 heteroatoms. The first-order valence-corrected chi connectivity index (χ1v) is 10.3. The molecule has 24 heavy (non-hydrogen) atoms. The molecule has 0 radical (unpaired) electrons. The highest BCUT2D eigenvalue weighted by atomic mass is 32.2. The molecule has 1 saturated heterocycles. The van der Waals surface area contributed by atoms with Gasteiger partial charge in [-0.2, -0.15) is 5.10 Å². The van der Waals surface area contributed by atoms with E-state index >= 15 is 0 Å². The fourth-order valence-electron chi connectivity index (χ4n) is 3.72. The normalized spacial score (nSPS) is 28.4. The minimum atomic E-state index is -3.20. The van der Waals surface area contributed by atoms with Crippen LogP contribution in [0.3, 0.4) is 0 Å². The molecule has 0 unspecified atom stereocenters. The molecule has 132 valence electrons. The van der Waals surface area contributed by atoms with Gasteiger partial charge < -0.3 is 4.90 Å². The van der Waals surface area contributed by atoms with Gasteiger partial charge in [0.1, 0.15) is 0 Å². The smallest absolute Gasteiger partial charge is 0.223 e. The van der Waals surface area contributed by atoms with Crippen LogP contribution in [-0.2, 0) is 21.9 Å². The van der Waals surface area contributed by atoms with E-state index in [4.69, 9.17) is 0 Å². The number of nitrogens with zero attached hydrogens (tertiary/aromatic N) is 3. The van der Waals surface area contributed by atoms with E-state index in [1.165, 1.54) is 0 Å². The topological polar surface area (TPSA) is 84.3 Å². The number of piperidine rings is 1. The summed E-state index contributed by atoms with van der Waals surface area (Å²) in [5.74, 6) is 0.286. The summed E-state index contributed by atoms with van der Waals surface area (Å²) in [6.45, 7) is 0.398. The lowest BCUT2D eigenvalue weighted by Gasteiger charge is -2.41. The number of carbonyl (C=O) groups excluding carboxylic acids is 1. The van der Waals surface area contributed by atoms with Crippen LogP contribution in [0.1, 0.15) is 50.1 Å². The Kier molecular flexibility index (Phi) is 3.91. The summed E-state index contributed by atoms with van der Waals surface area (Å²) >= 11 is 0. The Bertz CT molecular complexity index is 736. The summed E-state index contributed by atoms with van der Waals surface area (Å²) < 4.78 is 28.9. The number of nitrogens with one attached hydrogen (secondary N) is 1. The molecule has 7 nitrogen and oxygen atoms in total. The molecule has 2 heterocycles. The van der Waals surface area contributed by atoms with E-state index in [2.05, 4.69) is 9.82 Å². The standard InChI is InChI=1S/C16H24N4O3S/c1-19-10-12(8-17-19)16-11(9-18-24(22,23)14-5-6-14)2-7-15(21)20(16)13-3-4-13/h8,10-11,13-14,16,18H,2-7,9H2,1H3/t11-,16+/m1/s1. The molecule has 3 fully saturated rings. The van der Waals surface area contributed by atoms with E-state index in [1.807, 2.05) is 18.1 Å². The number of sulfonamides is 1. The minimum Gasteiger partial charge on any atom is -0.332 e. The molecule has 1 amide bonds. The second-order valence-corrected chi connectivity index (χ2v) is 9.36. The SMILES string of the molecule is Cn1cc([C@@H]2[C@@H](CNS(=O)(=O)C3CC3)CCC(=O)N2C2CC2)cn1. The predicted molar refractivity (Wildman–Crippen MR) is 88.5 cm³/mol. The van der Waals surface area contributed by atoms with Gasteiger partial charge in [-0.1, -0.05) is 0 Å². The fraction of sp³-hybridized carbons (Fsp3) is 0.750. The minimum absolute atomic E-state index is 0.0747. The maximum absolute atomic E-state index is 12.5. The first-order valence-electron chi connectivity index (χ1n) is 8.74. The van der Waals surface area contributed by atoms with Crippen molar-refractivity contribution in [2.24, 2.45) is 13.0 Å². The van der Waals surface area contributed by atoms with Crippen LogP contribution in [0.4, 0.5) is 0 Å². The average molecular weight is 352 g/mol. The third kappa shape index (κ3) is 3.09. The van der Waals surface area contributed by atoms with Gasteiger partial charge >= 0.3 is 0 Å². The van der Waals surface area contributed by atoms with Gasteiger partial charge in [0, 0.05) is 37.8 Å². The molecule has 2 aliphatic carbocycles. The van der Waals surface area contributed by atoms with Crippen molar-refractivity contribution >= 4 is 15.9 Å². The number of amides is 1. The number of aromatic nitrogens is 2. The van der Waals surface area contributed by atoms with Gasteiger partial charge in [-0.3, -0.25) is 9.48 Å². The molecule has 4 rings (SSSR count). The van der Waals surface area contributed by atoms with Crippen LogP contribution in [0.2, 0.25) is 0 Å². The third-order valence-corrected chi connectivity index (χ3v) is 7.20. The summed E-state index contributed by atoms with van der Waals surface area (Å²) in [6, 6.07) is 0.236. The van der Waals surface area contributed by atoms with E-state index in [9.17, 15) is 13.2 Å². The Hall–Kier alpha value is -1.41. The quantitative estimate of drug-likeness (QED) is 0.826. The van der Waals surface area contributed by atoms with Crippen LogP contribution >= 0.6 is 0 Å². The highest BCUT2D eigenvalue weighted by molar-refractivity contribution is 7.90. The van der Waals surface area contributed by atoms with Gasteiger partial charge in [-0.25, -0.2) is 13.1 Å². The molecule has 0 spiro atoms. The lowest BCUT2D eigenvalue weighted by atomic mass is 9.85. The van der Waals surface area contributed by atoms with Crippen LogP contribution in [0.5, 0.6) is 0 Å². The van der Waals surface area contributed by atoms with E-state index < -0.39 is 10.0 Å². The van der Waals surface area contributed by atoms with E-state index in [1.54, 1.807) is 10.9 Å². The van der Waals surface area contributed by atoms with E-state index in [-0.39, 0.29) is 23.1 Å². The molecule has 1 aromatic rings. The van der Waals surface area contributed by atoms with Gasteiger partial charge in [0.25, 0.3) is 0 Å². The largest absolute Gasteiger partial charge is 0.332 e. The fourth-order valence-corrected chi connectivity index (χ4v) is 5.16. The maximum atomic E-state index is 12.5. The monoisotopic (exact) mass is 352 g/mol. The van der Waals surface area contributed by atoms with E-state index in [0.717, 1.165) is 37.7 Å². The van der Waals surface area contributed by atoms with Crippen molar-refractivity contribution in [1.29, 1.82) is 0 Å². The molecular weight excluding hydrogens is 328 g/mol. The first kappa shape index (κ1) is 16.1. The van der Waals surface area contributed by atoms with Gasteiger partial charge in [0.2, 0.25) is 15.9 Å². The highest BCUT2D eigenvalue weighted by Crippen LogP contribution is 2.43. The molecule has 0 aromatic carbocycles. The third-order valence-electron chi connectivity index (χ3n) is 5.28. The summed E-state index contributed by atoms with van der Waals surface area (Å²) in [6.07, 6.45) is 8.59. The Morgan fingerprint density at radius 1 is 1.25 bits per heavy atom. The Morgan fingerprint density at radius 3 is 2.58 bits per heavy atom. The van der Waals surface area contributed by atoms with Crippen LogP contribution in [0.15, 0.2) is 12.4 Å². The Morgan fingerprint density at radius 2 is 2.00 bits per heavy atom. The van der Waals surface area contributed by atoms with Gasteiger partial charge in [-0.15, -0.1) is 0 Å². The van der Waals surface area contributed by atoms with Crippen molar-refractivity contribution < 1.29 is 13.2 Å².